The first-order valence-electron chi connectivity index (χ1n) is 18.5. The quantitative estimate of drug-likeness (QED) is 0.115. The Balaban J connectivity index is 1.37. The predicted octanol–water partition coefficient (Wildman–Crippen LogP) is 9.50. The van der Waals surface area contributed by atoms with Gasteiger partial charge in [0, 0.05) is 23.1 Å². The molecule has 6 N–H and O–H groups in total. The number of rotatable bonds is 16. The van der Waals surface area contributed by atoms with Crippen molar-refractivity contribution < 1.29 is 4.79 Å². The van der Waals surface area contributed by atoms with Gasteiger partial charge in [-0.1, -0.05) is 87.1 Å². The van der Waals surface area contributed by atoms with Crippen LogP contribution in [0.2, 0.25) is 0 Å². The molecule has 3 fully saturated rings. The molecule has 4 aliphatic rings. The van der Waals surface area contributed by atoms with Crippen LogP contribution >= 0.6 is 21.6 Å². The lowest BCUT2D eigenvalue weighted by molar-refractivity contribution is -0.127. The summed E-state index contributed by atoms with van der Waals surface area (Å²) >= 11 is 0. The van der Waals surface area contributed by atoms with Crippen LogP contribution in [0.1, 0.15) is 145 Å². The number of primary amides is 1. The van der Waals surface area contributed by atoms with Crippen LogP contribution in [0.3, 0.4) is 0 Å². The molecule has 0 aromatic rings. The number of fused-ring (bicyclic) bond motifs is 5. The molecule has 1 amide bonds. The highest BCUT2D eigenvalue weighted by Gasteiger charge is 2.59. The van der Waals surface area contributed by atoms with E-state index in [1.807, 2.05) is 35.4 Å². The molecule has 0 bridgehead atoms. The molecule has 10 atom stereocenters. The third-order valence-corrected chi connectivity index (χ3v) is 16.5. The van der Waals surface area contributed by atoms with Crippen molar-refractivity contribution in [3.63, 3.8) is 0 Å². The highest BCUT2D eigenvalue weighted by molar-refractivity contribution is 8.76. The zero-order valence-corrected chi connectivity index (χ0v) is 31.2. The average Bonchev–Trinajstić information content (AvgIpc) is 3.31. The molecule has 0 aromatic carbocycles. The van der Waals surface area contributed by atoms with Gasteiger partial charge in [-0.25, -0.2) is 0 Å². The molecule has 3 saturated carbocycles. The highest BCUT2D eigenvalue weighted by Crippen LogP contribution is 2.67. The maximum atomic E-state index is 12.8. The Kier molecular flexibility index (Phi) is 12.8. The molecule has 0 heterocycles. The zero-order valence-electron chi connectivity index (χ0n) is 29.5. The fourth-order valence-corrected chi connectivity index (χ4v) is 13.9. The molecule has 0 spiro atoms. The van der Waals surface area contributed by atoms with Crippen molar-refractivity contribution in [3.8, 4) is 0 Å². The van der Waals surface area contributed by atoms with Gasteiger partial charge in [-0.3, -0.25) is 4.79 Å². The molecular formula is C38H69N3OS2. The number of nitrogens with two attached hydrogens (primary N) is 3. The lowest BCUT2D eigenvalue weighted by atomic mass is 9.47. The minimum atomic E-state index is -0.515. The molecule has 44 heavy (non-hydrogen) atoms. The van der Waals surface area contributed by atoms with Crippen LogP contribution in [-0.4, -0.2) is 29.0 Å². The second-order valence-corrected chi connectivity index (χ2v) is 19.9. The Bertz CT molecular complexity index is 969. The summed E-state index contributed by atoms with van der Waals surface area (Å²) in [4.78, 5) is 12.8. The summed E-state index contributed by atoms with van der Waals surface area (Å²) in [6, 6.07) is 0.149. The highest BCUT2D eigenvalue weighted by atomic mass is 33.1. The van der Waals surface area contributed by atoms with Gasteiger partial charge in [-0.2, -0.15) is 0 Å². The topological polar surface area (TPSA) is 95.1 Å². The van der Waals surface area contributed by atoms with Crippen molar-refractivity contribution in [2.24, 2.45) is 69.0 Å². The largest absolute Gasteiger partial charge is 0.369 e. The smallest absolute Gasteiger partial charge is 0.224 e. The Morgan fingerprint density at radius 1 is 0.932 bits per heavy atom. The lowest BCUT2D eigenvalue weighted by Gasteiger charge is -2.58. The fraction of sp³-hybridized carbons (Fsp3) is 0.921. The predicted molar refractivity (Wildman–Crippen MR) is 194 cm³/mol. The van der Waals surface area contributed by atoms with E-state index >= 15 is 0 Å². The molecule has 0 saturated heterocycles. The van der Waals surface area contributed by atoms with Gasteiger partial charge < -0.3 is 17.2 Å². The van der Waals surface area contributed by atoms with E-state index < -0.39 is 5.41 Å². The SMILES string of the molecule is CC(C)CCCC(C)[C@H]1CC[C@H]2[C@@H]3CC=C4C[C@@H](SSCC(CCC(C)N)(CCC(C)N)C(N)=O)CC[C@]4(C)[C@H]3CC[C@]12C. The molecule has 0 aromatic heterocycles. The normalized spacial score (nSPS) is 36.9. The summed E-state index contributed by atoms with van der Waals surface area (Å²) in [5, 5.41) is 0.625. The van der Waals surface area contributed by atoms with Gasteiger partial charge in [0.05, 0.1) is 5.41 Å². The number of hydrogen-bond acceptors (Lipinski definition) is 5. The molecule has 4 aliphatic carbocycles. The Morgan fingerprint density at radius 2 is 1.61 bits per heavy atom. The van der Waals surface area contributed by atoms with E-state index in [1.54, 1.807) is 5.57 Å². The maximum Gasteiger partial charge on any atom is 0.224 e. The maximum absolute atomic E-state index is 12.8. The third kappa shape index (κ3) is 8.09. The van der Waals surface area contributed by atoms with Crippen molar-refractivity contribution >= 4 is 27.5 Å². The van der Waals surface area contributed by atoms with Crippen molar-refractivity contribution in [2.75, 3.05) is 5.75 Å². The first-order chi connectivity index (χ1) is 20.7. The van der Waals surface area contributed by atoms with Gasteiger partial charge in [0.25, 0.3) is 0 Å². The van der Waals surface area contributed by atoms with Crippen LogP contribution < -0.4 is 17.2 Å². The van der Waals surface area contributed by atoms with Crippen molar-refractivity contribution in [2.45, 2.75) is 162 Å². The Labute approximate surface area is 279 Å². The average molecular weight is 648 g/mol. The number of carbonyl (C=O) groups is 1. The van der Waals surface area contributed by atoms with E-state index in [1.165, 1.54) is 70.6 Å². The van der Waals surface area contributed by atoms with Gasteiger partial charge in [0.2, 0.25) is 5.91 Å². The van der Waals surface area contributed by atoms with Crippen molar-refractivity contribution in [1.82, 2.24) is 0 Å². The van der Waals surface area contributed by atoms with Gasteiger partial charge in [-0.05, 0) is 137 Å². The van der Waals surface area contributed by atoms with Crippen LogP contribution in [0.4, 0.5) is 0 Å². The molecule has 3 unspecified atom stereocenters. The Hall–Kier alpha value is -0.170. The second kappa shape index (κ2) is 15.4. The summed E-state index contributed by atoms with van der Waals surface area (Å²) in [5.41, 5.74) is 20.5. The minimum Gasteiger partial charge on any atom is -0.369 e. The minimum absolute atomic E-state index is 0.0747. The van der Waals surface area contributed by atoms with Gasteiger partial charge in [0.15, 0.2) is 0 Å². The molecule has 4 nitrogen and oxygen atoms in total. The Morgan fingerprint density at radius 3 is 2.23 bits per heavy atom. The molecule has 6 heteroatoms. The number of amides is 1. The first-order valence-corrected chi connectivity index (χ1v) is 20.9. The van der Waals surface area contributed by atoms with Crippen molar-refractivity contribution in [1.29, 1.82) is 0 Å². The van der Waals surface area contributed by atoms with Crippen LogP contribution in [0.25, 0.3) is 0 Å². The van der Waals surface area contributed by atoms with Crippen LogP contribution in [0.5, 0.6) is 0 Å². The van der Waals surface area contributed by atoms with Crippen LogP contribution in [0.15, 0.2) is 11.6 Å². The van der Waals surface area contributed by atoms with Crippen molar-refractivity contribution in [3.05, 3.63) is 11.6 Å². The van der Waals surface area contributed by atoms with Gasteiger partial charge in [-0.15, -0.1) is 0 Å². The summed E-state index contributed by atoms with van der Waals surface area (Å²) in [5.74, 6) is 5.91. The van der Waals surface area contributed by atoms with Gasteiger partial charge >= 0.3 is 0 Å². The summed E-state index contributed by atoms with van der Waals surface area (Å²) < 4.78 is 0. The standard InChI is InChI=1S/C38H69N3OS2/c1-25(2)9-8-10-26(3)32-13-14-33-31-12-11-29-23-30(17-19-36(29,6)34(31)18-20-37(32,33)7)44-43-24-38(35(41)42,21-15-27(4)39)22-16-28(5)40/h11,25-28,30-34H,8-10,12-24,39-40H2,1-7H3,(H2,41,42)/t26?,27?,28?,30-,31-,32+,33-,34-,36-,37+,38?/m0/s1. The monoisotopic (exact) mass is 647 g/mol. The number of allylic oxidation sites excluding steroid dienone is 2. The van der Waals surface area contributed by atoms with Crippen LogP contribution in [-0.2, 0) is 4.79 Å². The number of hydrogen-bond donors (Lipinski definition) is 3. The summed E-state index contributed by atoms with van der Waals surface area (Å²) in [6.45, 7) is 16.7. The van der Waals surface area contributed by atoms with E-state index in [9.17, 15) is 4.79 Å². The molecule has 4 rings (SSSR count). The summed E-state index contributed by atoms with van der Waals surface area (Å²) in [6.07, 6.45) is 21.1. The molecule has 0 radical (unpaired) electrons. The summed E-state index contributed by atoms with van der Waals surface area (Å²) in [7, 11) is 3.91. The van der Waals surface area contributed by atoms with E-state index in [2.05, 4.69) is 40.7 Å². The van der Waals surface area contributed by atoms with E-state index in [4.69, 9.17) is 17.2 Å². The van der Waals surface area contributed by atoms with Crippen LogP contribution in [0, 0.1) is 51.8 Å². The first kappa shape index (κ1) is 36.7. The molecule has 254 valence electrons. The van der Waals surface area contributed by atoms with Gasteiger partial charge in [0.1, 0.15) is 0 Å². The zero-order chi connectivity index (χ0) is 32.3. The third-order valence-electron chi connectivity index (χ3n) is 13.5. The van der Waals surface area contributed by atoms with E-state index in [0.29, 0.717) is 16.1 Å². The second-order valence-electron chi connectivity index (χ2n) is 17.2. The molecular weight excluding hydrogens is 579 g/mol. The van der Waals surface area contributed by atoms with E-state index in [-0.39, 0.29) is 18.0 Å². The fourth-order valence-electron chi connectivity index (χ4n) is 10.6. The number of carbonyl (C=O) groups excluding carboxylic acids is 1. The van der Waals surface area contributed by atoms with E-state index in [0.717, 1.165) is 66.9 Å². The lowest BCUT2D eigenvalue weighted by Crippen LogP contribution is -2.50. The molecule has 0 aliphatic heterocycles.